The number of hydrogen-bond acceptors (Lipinski definition) is 4. The monoisotopic (exact) mass is 401 g/mol. The van der Waals surface area contributed by atoms with E-state index >= 15 is 0 Å². The number of esters is 1. The molecule has 28 heavy (non-hydrogen) atoms. The minimum atomic E-state index is -0.890. The SMILES string of the molecule is CCc1ccc(C(=O)COC(=O)C(NC(=O)c2ccccc2Cl)C(C)C)cc1. The lowest BCUT2D eigenvalue weighted by molar-refractivity contribution is -0.145. The lowest BCUT2D eigenvalue weighted by Crippen LogP contribution is -2.45. The quantitative estimate of drug-likeness (QED) is 0.534. The number of ketones is 1. The van der Waals surface area contributed by atoms with Gasteiger partial charge in [-0.05, 0) is 30.0 Å². The minimum Gasteiger partial charge on any atom is -0.456 e. The molecule has 5 nitrogen and oxygen atoms in total. The molecule has 0 bridgehead atoms. The maximum Gasteiger partial charge on any atom is 0.329 e. The van der Waals surface area contributed by atoms with Crippen LogP contribution in [0.4, 0.5) is 0 Å². The topological polar surface area (TPSA) is 72.5 Å². The van der Waals surface area contributed by atoms with Crippen molar-refractivity contribution in [2.45, 2.75) is 33.2 Å². The molecule has 2 aromatic rings. The zero-order valence-corrected chi connectivity index (χ0v) is 17.0. The molecule has 0 saturated heterocycles. The van der Waals surface area contributed by atoms with Gasteiger partial charge in [0.05, 0.1) is 10.6 Å². The minimum absolute atomic E-state index is 0.224. The van der Waals surface area contributed by atoms with E-state index < -0.39 is 17.9 Å². The molecular weight excluding hydrogens is 378 g/mol. The fourth-order valence-corrected chi connectivity index (χ4v) is 2.82. The normalized spacial score (nSPS) is 11.8. The summed E-state index contributed by atoms with van der Waals surface area (Å²) in [6.07, 6.45) is 0.880. The highest BCUT2D eigenvalue weighted by Crippen LogP contribution is 2.16. The summed E-state index contributed by atoms with van der Waals surface area (Å²) in [6, 6.07) is 12.9. The molecule has 0 heterocycles. The van der Waals surface area contributed by atoms with E-state index in [1.807, 2.05) is 19.1 Å². The number of halogens is 1. The third-order valence-corrected chi connectivity index (χ3v) is 4.68. The molecule has 0 aliphatic heterocycles. The van der Waals surface area contributed by atoms with Crippen molar-refractivity contribution in [2.75, 3.05) is 6.61 Å². The van der Waals surface area contributed by atoms with Crippen LogP contribution in [0.1, 0.15) is 47.1 Å². The number of benzene rings is 2. The lowest BCUT2D eigenvalue weighted by atomic mass is 10.0. The van der Waals surface area contributed by atoms with E-state index in [0.717, 1.165) is 12.0 Å². The molecule has 0 spiro atoms. The number of ether oxygens (including phenoxy) is 1. The number of carbonyl (C=O) groups excluding carboxylic acids is 3. The first-order valence-electron chi connectivity index (χ1n) is 9.17. The van der Waals surface area contributed by atoms with Crippen LogP contribution in [0, 0.1) is 5.92 Å². The standard InChI is InChI=1S/C22H24ClNO4/c1-4-15-9-11-16(12-10-15)19(25)13-28-22(27)20(14(2)3)24-21(26)17-7-5-6-8-18(17)23/h5-12,14,20H,4,13H2,1-3H3,(H,24,26). The lowest BCUT2D eigenvalue weighted by Gasteiger charge is -2.21. The van der Waals surface area contributed by atoms with Gasteiger partial charge in [-0.1, -0.05) is 68.8 Å². The highest BCUT2D eigenvalue weighted by atomic mass is 35.5. The Bertz CT molecular complexity index is 846. The van der Waals surface area contributed by atoms with E-state index in [1.54, 1.807) is 50.2 Å². The summed E-state index contributed by atoms with van der Waals surface area (Å²) in [5.41, 5.74) is 1.87. The Morgan fingerprint density at radius 1 is 1.04 bits per heavy atom. The number of Topliss-reactive ketones (excluding diaryl/α,β-unsaturated/α-hetero) is 1. The van der Waals surface area contributed by atoms with E-state index in [-0.39, 0.29) is 23.9 Å². The van der Waals surface area contributed by atoms with E-state index in [2.05, 4.69) is 5.32 Å². The van der Waals surface area contributed by atoms with Crippen molar-refractivity contribution in [3.8, 4) is 0 Å². The molecule has 148 valence electrons. The molecule has 2 aromatic carbocycles. The van der Waals surface area contributed by atoms with Gasteiger partial charge in [-0.3, -0.25) is 9.59 Å². The molecule has 0 fully saturated rings. The van der Waals surface area contributed by atoms with Crippen LogP contribution in [-0.2, 0) is 16.0 Å². The van der Waals surface area contributed by atoms with Crippen molar-refractivity contribution >= 4 is 29.3 Å². The number of amides is 1. The van der Waals surface area contributed by atoms with Crippen LogP contribution in [0.15, 0.2) is 48.5 Å². The van der Waals surface area contributed by atoms with Crippen molar-refractivity contribution in [3.63, 3.8) is 0 Å². The summed E-state index contributed by atoms with van der Waals surface area (Å²) in [4.78, 5) is 37.1. The van der Waals surface area contributed by atoms with Gasteiger partial charge in [0.25, 0.3) is 5.91 Å². The van der Waals surface area contributed by atoms with Crippen LogP contribution in [0.25, 0.3) is 0 Å². The molecule has 6 heteroatoms. The summed E-state index contributed by atoms with van der Waals surface area (Å²) < 4.78 is 5.17. The predicted octanol–water partition coefficient (Wildman–Crippen LogP) is 4.08. The molecular formula is C22H24ClNO4. The van der Waals surface area contributed by atoms with E-state index in [0.29, 0.717) is 10.6 Å². The molecule has 0 radical (unpaired) electrons. The first-order chi connectivity index (χ1) is 13.3. The summed E-state index contributed by atoms with van der Waals surface area (Å²) in [5.74, 6) is -1.65. The van der Waals surface area contributed by atoms with Gasteiger partial charge in [0.2, 0.25) is 0 Å². The van der Waals surface area contributed by atoms with Gasteiger partial charge in [-0.2, -0.15) is 0 Å². The highest BCUT2D eigenvalue weighted by molar-refractivity contribution is 6.33. The highest BCUT2D eigenvalue weighted by Gasteiger charge is 2.27. The van der Waals surface area contributed by atoms with E-state index in [4.69, 9.17) is 16.3 Å². The summed E-state index contributed by atoms with van der Waals surface area (Å²) in [5, 5.41) is 2.94. The van der Waals surface area contributed by atoms with E-state index in [9.17, 15) is 14.4 Å². The number of nitrogens with one attached hydrogen (secondary N) is 1. The van der Waals surface area contributed by atoms with Crippen LogP contribution in [0.2, 0.25) is 5.02 Å². The van der Waals surface area contributed by atoms with Crippen molar-refractivity contribution in [2.24, 2.45) is 5.92 Å². The van der Waals surface area contributed by atoms with Crippen LogP contribution < -0.4 is 5.32 Å². The van der Waals surface area contributed by atoms with Gasteiger partial charge in [-0.15, -0.1) is 0 Å². The Kier molecular flexibility index (Phi) is 7.76. The Morgan fingerprint density at radius 2 is 1.68 bits per heavy atom. The predicted molar refractivity (Wildman–Crippen MR) is 109 cm³/mol. The van der Waals surface area contributed by atoms with Gasteiger partial charge >= 0.3 is 5.97 Å². The zero-order chi connectivity index (χ0) is 20.7. The van der Waals surface area contributed by atoms with Gasteiger partial charge in [0.1, 0.15) is 6.04 Å². The Labute approximate surface area is 170 Å². The summed E-state index contributed by atoms with van der Waals surface area (Å²) in [6.45, 7) is 5.21. The first-order valence-corrected chi connectivity index (χ1v) is 9.55. The first kappa shape index (κ1) is 21.6. The average Bonchev–Trinajstić information content (AvgIpc) is 2.69. The molecule has 2 rings (SSSR count). The van der Waals surface area contributed by atoms with Gasteiger partial charge in [0, 0.05) is 5.56 Å². The van der Waals surface area contributed by atoms with Gasteiger partial charge < -0.3 is 10.1 Å². The Hall–Kier alpha value is -2.66. The summed E-state index contributed by atoms with van der Waals surface area (Å²) >= 11 is 6.03. The third kappa shape index (κ3) is 5.67. The van der Waals surface area contributed by atoms with Crippen LogP contribution in [-0.4, -0.2) is 30.3 Å². The molecule has 0 aromatic heterocycles. The van der Waals surface area contributed by atoms with Crippen LogP contribution in [0.3, 0.4) is 0 Å². The van der Waals surface area contributed by atoms with Gasteiger partial charge in [0.15, 0.2) is 12.4 Å². The molecule has 1 unspecified atom stereocenters. The second kappa shape index (κ2) is 10.0. The van der Waals surface area contributed by atoms with E-state index in [1.165, 1.54) is 0 Å². The average molecular weight is 402 g/mol. The molecule has 1 atom stereocenters. The van der Waals surface area contributed by atoms with Crippen molar-refractivity contribution in [3.05, 3.63) is 70.2 Å². The Balaban J connectivity index is 1.99. The molecule has 0 aliphatic carbocycles. The molecule has 0 saturated carbocycles. The maximum atomic E-state index is 12.5. The zero-order valence-electron chi connectivity index (χ0n) is 16.2. The fourth-order valence-electron chi connectivity index (χ4n) is 2.60. The smallest absolute Gasteiger partial charge is 0.329 e. The largest absolute Gasteiger partial charge is 0.456 e. The second-order valence-electron chi connectivity index (χ2n) is 6.76. The number of carbonyl (C=O) groups is 3. The van der Waals surface area contributed by atoms with Crippen molar-refractivity contribution < 1.29 is 19.1 Å². The van der Waals surface area contributed by atoms with Crippen molar-refractivity contribution in [1.29, 1.82) is 0 Å². The van der Waals surface area contributed by atoms with Crippen LogP contribution in [0.5, 0.6) is 0 Å². The third-order valence-electron chi connectivity index (χ3n) is 4.36. The van der Waals surface area contributed by atoms with Crippen LogP contribution >= 0.6 is 11.6 Å². The Morgan fingerprint density at radius 3 is 2.25 bits per heavy atom. The molecule has 1 amide bonds. The fraction of sp³-hybridized carbons (Fsp3) is 0.318. The number of hydrogen-bond donors (Lipinski definition) is 1. The number of aryl methyl sites for hydroxylation is 1. The van der Waals surface area contributed by atoms with Crippen molar-refractivity contribution in [1.82, 2.24) is 5.32 Å². The maximum absolute atomic E-state index is 12.5. The molecule has 0 aliphatic rings. The number of rotatable bonds is 8. The summed E-state index contributed by atoms with van der Waals surface area (Å²) in [7, 11) is 0. The van der Waals surface area contributed by atoms with Gasteiger partial charge in [-0.25, -0.2) is 4.79 Å². The molecule has 1 N–H and O–H groups in total. The second-order valence-corrected chi connectivity index (χ2v) is 7.16.